The van der Waals surface area contributed by atoms with Crippen molar-refractivity contribution in [3.05, 3.63) is 0 Å². The van der Waals surface area contributed by atoms with Crippen LogP contribution in [0.5, 0.6) is 0 Å². The van der Waals surface area contributed by atoms with E-state index in [1.807, 2.05) is 7.05 Å². The lowest BCUT2D eigenvalue weighted by Crippen LogP contribution is -2.17. The number of nitrogens with zero attached hydrogens (tertiary/aromatic N) is 1. The first kappa shape index (κ1) is 15.3. The molecule has 0 radical (unpaired) electrons. The molecule has 0 aromatic heterocycles. The summed E-state index contributed by atoms with van der Waals surface area (Å²) in [5.74, 6) is 0.247. The predicted molar refractivity (Wildman–Crippen MR) is 60.9 cm³/mol. The van der Waals surface area contributed by atoms with Crippen LogP contribution < -0.4 is 0 Å². The van der Waals surface area contributed by atoms with Crippen molar-refractivity contribution in [2.75, 3.05) is 33.4 Å². The molecular formula is C11H23NO4. The van der Waals surface area contributed by atoms with Crippen molar-refractivity contribution >= 4 is 5.91 Å². The van der Waals surface area contributed by atoms with Crippen LogP contribution in [0, 0.1) is 5.92 Å². The van der Waals surface area contributed by atoms with Crippen LogP contribution in [0.3, 0.4) is 0 Å². The average molecular weight is 233 g/mol. The minimum atomic E-state index is -0.0443. The zero-order valence-electron chi connectivity index (χ0n) is 9.93. The molecule has 5 heteroatoms. The first-order valence-electron chi connectivity index (χ1n) is 5.72. The minimum absolute atomic E-state index is 0.0104. The van der Waals surface area contributed by atoms with Gasteiger partial charge in [-0.05, 0) is 19.3 Å². The zero-order chi connectivity index (χ0) is 12.4. The Morgan fingerprint density at radius 2 is 1.94 bits per heavy atom. The molecule has 0 spiro atoms. The smallest absolute Gasteiger partial charge is 0.222 e. The average Bonchev–Trinajstić information content (AvgIpc) is 2.66. The van der Waals surface area contributed by atoms with Gasteiger partial charge in [-0.3, -0.25) is 4.79 Å². The molecule has 0 aromatic carbocycles. The second kappa shape index (κ2) is 9.57. The lowest BCUT2D eigenvalue weighted by Gasteiger charge is -2.07. The molecule has 1 rings (SSSR count). The summed E-state index contributed by atoms with van der Waals surface area (Å²) < 4.78 is 0. The van der Waals surface area contributed by atoms with E-state index in [0.29, 0.717) is 18.7 Å². The standard InChI is InChI=1S/C6H14O3.C5H9NO/c7-3-1-2-6(4-8)5-9;1-6-4-2-3-5(6)7/h6-9H,1-5H2;2-4H2,1H3. The van der Waals surface area contributed by atoms with Gasteiger partial charge >= 0.3 is 0 Å². The van der Waals surface area contributed by atoms with Crippen molar-refractivity contribution in [1.82, 2.24) is 4.90 Å². The highest BCUT2D eigenvalue weighted by molar-refractivity contribution is 5.77. The zero-order valence-corrected chi connectivity index (χ0v) is 9.93. The van der Waals surface area contributed by atoms with Crippen LogP contribution in [0.15, 0.2) is 0 Å². The van der Waals surface area contributed by atoms with E-state index in [0.717, 1.165) is 19.4 Å². The molecule has 5 nitrogen and oxygen atoms in total. The Morgan fingerprint density at radius 1 is 1.31 bits per heavy atom. The number of aliphatic hydroxyl groups is 3. The van der Waals surface area contributed by atoms with Gasteiger partial charge in [0.1, 0.15) is 0 Å². The van der Waals surface area contributed by atoms with E-state index in [-0.39, 0.29) is 25.7 Å². The summed E-state index contributed by atoms with van der Waals surface area (Å²) >= 11 is 0. The summed E-state index contributed by atoms with van der Waals surface area (Å²) in [6.45, 7) is 1.11. The summed E-state index contributed by atoms with van der Waals surface area (Å²) in [6.07, 6.45) is 3.17. The normalized spacial score (nSPS) is 15.3. The number of hydrogen-bond acceptors (Lipinski definition) is 4. The quantitative estimate of drug-likeness (QED) is 0.603. The number of carbonyl (C=O) groups excluding carboxylic acids is 1. The summed E-state index contributed by atoms with van der Waals surface area (Å²) in [7, 11) is 1.84. The van der Waals surface area contributed by atoms with Crippen LogP contribution in [-0.2, 0) is 4.79 Å². The molecule has 1 heterocycles. The summed E-state index contributed by atoms with van der Waals surface area (Å²) in [5, 5.41) is 25.4. The Hall–Kier alpha value is -0.650. The number of amides is 1. The fourth-order valence-electron chi connectivity index (χ4n) is 1.40. The van der Waals surface area contributed by atoms with Gasteiger partial charge in [0.25, 0.3) is 0 Å². The third-order valence-corrected chi connectivity index (χ3v) is 2.60. The lowest BCUT2D eigenvalue weighted by atomic mass is 10.1. The van der Waals surface area contributed by atoms with Crippen molar-refractivity contribution in [3.8, 4) is 0 Å². The van der Waals surface area contributed by atoms with E-state index in [9.17, 15) is 4.79 Å². The second-order valence-electron chi connectivity index (χ2n) is 4.02. The molecule has 16 heavy (non-hydrogen) atoms. The first-order chi connectivity index (χ1) is 7.65. The van der Waals surface area contributed by atoms with Gasteiger partial charge in [0.05, 0.1) is 0 Å². The maximum absolute atomic E-state index is 10.5. The molecule has 0 unspecified atom stereocenters. The number of aliphatic hydroxyl groups excluding tert-OH is 3. The van der Waals surface area contributed by atoms with Crippen LogP contribution in [0.2, 0.25) is 0 Å². The van der Waals surface area contributed by atoms with E-state index in [2.05, 4.69) is 0 Å². The highest BCUT2D eigenvalue weighted by atomic mass is 16.3. The largest absolute Gasteiger partial charge is 0.396 e. The Bertz CT molecular complexity index is 183. The number of hydrogen-bond donors (Lipinski definition) is 3. The van der Waals surface area contributed by atoms with Gasteiger partial charge in [-0.1, -0.05) is 0 Å². The van der Waals surface area contributed by atoms with Gasteiger partial charge in [0.2, 0.25) is 5.91 Å². The van der Waals surface area contributed by atoms with Crippen molar-refractivity contribution in [1.29, 1.82) is 0 Å². The Balaban J connectivity index is 0.000000288. The first-order valence-corrected chi connectivity index (χ1v) is 5.72. The molecule has 0 aliphatic carbocycles. The third-order valence-electron chi connectivity index (χ3n) is 2.60. The molecule has 1 aliphatic heterocycles. The maximum atomic E-state index is 10.5. The molecule has 0 aromatic rings. The topological polar surface area (TPSA) is 81.0 Å². The van der Waals surface area contributed by atoms with Crippen molar-refractivity contribution < 1.29 is 20.1 Å². The Morgan fingerprint density at radius 3 is 2.19 bits per heavy atom. The lowest BCUT2D eigenvalue weighted by molar-refractivity contribution is -0.126. The highest BCUT2D eigenvalue weighted by Gasteiger charge is 2.14. The van der Waals surface area contributed by atoms with Crippen LogP contribution in [0.4, 0.5) is 0 Å². The van der Waals surface area contributed by atoms with Crippen molar-refractivity contribution in [2.45, 2.75) is 25.7 Å². The van der Waals surface area contributed by atoms with Crippen LogP contribution in [0.1, 0.15) is 25.7 Å². The fraction of sp³-hybridized carbons (Fsp3) is 0.909. The molecule has 1 amide bonds. The highest BCUT2D eigenvalue weighted by Crippen LogP contribution is 2.04. The van der Waals surface area contributed by atoms with Gasteiger partial charge < -0.3 is 20.2 Å². The van der Waals surface area contributed by atoms with Gasteiger partial charge in [-0.2, -0.15) is 0 Å². The SMILES string of the molecule is CN1CCCC1=O.OCCCC(CO)CO. The maximum Gasteiger partial charge on any atom is 0.222 e. The van der Waals surface area contributed by atoms with Gasteiger partial charge in [0, 0.05) is 45.8 Å². The summed E-state index contributed by atoms with van der Waals surface area (Å²) in [6, 6.07) is 0. The second-order valence-corrected chi connectivity index (χ2v) is 4.02. The Labute approximate surface area is 96.7 Å². The fourth-order valence-corrected chi connectivity index (χ4v) is 1.40. The molecule has 1 saturated heterocycles. The minimum Gasteiger partial charge on any atom is -0.396 e. The van der Waals surface area contributed by atoms with Gasteiger partial charge in [0.15, 0.2) is 0 Å². The van der Waals surface area contributed by atoms with Crippen molar-refractivity contribution in [3.63, 3.8) is 0 Å². The predicted octanol–water partition coefficient (Wildman–Crippen LogP) is -0.402. The van der Waals surface area contributed by atoms with E-state index in [4.69, 9.17) is 15.3 Å². The molecule has 0 saturated carbocycles. The van der Waals surface area contributed by atoms with E-state index < -0.39 is 0 Å². The molecule has 0 bridgehead atoms. The molecule has 96 valence electrons. The summed E-state index contributed by atoms with van der Waals surface area (Å²) in [4.78, 5) is 12.3. The van der Waals surface area contributed by atoms with Gasteiger partial charge in [-0.15, -0.1) is 0 Å². The third kappa shape index (κ3) is 6.76. The molecular weight excluding hydrogens is 210 g/mol. The molecule has 1 aliphatic rings. The monoisotopic (exact) mass is 233 g/mol. The van der Waals surface area contributed by atoms with E-state index in [1.165, 1.54) is 0 Å². The van der Waals surface area contributed by atoms with Crippen LogP contribution >= 0.6 is 0 Å². The van der Waals surface area contributed by atoms with Crippen LogP contribution in [-0.4, -0.2) is 59.5 Å². The molecule has 1 fully saturated rings. The van der Waals surface area contributed by atoms with E-state index >= 15 is 0 Å². The van der Waals surface area contributed by atoms with Crippen molar-refractivity contribution in [2.24, 2.45) is 5.92 Å². The molecule has 3 N–H and O–H groups in total. The number of carbonyl (C=O) groups is 1. The van der Waals surface area contributed by atoms with Gasteiger partial charge in [-0.25, -0.2) is 0 Å². The number of likely N-dealkylation sites (tertiary alicyclic amines) is 1. The molecule has 0 atom stereocenters. The Kier molecular flexibility index (Phi) is 9.18. The van der Waals surface area contributed by atoms with E-state index in [1.54, 1.807) is 4.90 Å². The summed E-state index contributed by atoms with van der Waals surface area (Å²) in [5.41, 5.74) is 0. The number of rotatable bonds is 5. The van der Waals surface area contributed by atoms with Crippen LogP contribution in [0.25, 0.3) is 0 Å².